The maximum absolute atomic E-state index is 5.56. The first-order valence-corrected chi connectivity index (χ1v) is 4.79. The third-order valence-corrected chi connectivity index (χ3v) is 1.78. The second-order valence-electron chi connectivity index (χ2n) is 3.43. The normalized spacial score (nSPS) is 10.6. The summed E-state index contributed by atoms with van der Waals surface area (Å²) in [5.74, 6) is 5.86. The zero-order valence-corrected chi connectivity index (χ0v) is 8.69. The van der Waals surface area contributed by atoms with Crippen LogP contribution >= 0.6 is 0 Å². The molecule has 0 saturated carbocycles. The highest BCUT2D eigenvalue weighted by atomic mass is 16.6. The van der Waals surface area contributed by atoms with Gasteiger partial charge in [-0.15, -0.1) is 0 Å². The van der Waals surface area contributed by atoms with Gasteiger partial charge in [0.15, 0.2) is 0 Å². The summed E-state index contributed by atoms with van der Waals surface area (Å²) in [5, 5.41) is 0. The molecule has 0 atom stereocenters. The summed E-state index contributed by atoms with van der Waals surface area (Å²) in [5.41, 5.74) is 1.17. The fraction of sp³-hybridized carbons (Fsp3) is 0.455. The molecule has 0 bridgehead atoms. The average molecular weight is 195 g/mol. The van der Waals surface area contributed by atoms with Crippen molar-refractivity contribution in [1.82, 2.24) is 0 Å². The fourth-order valence-electron chi connectivity index (χ4n) is 1.22. The number of benzene rings is 1. The Kier molecular flexibility index (Phi) is 4.43. The molecule has 3 nitrogen and oxygen atoms in total. The van der Waals surface area contributed by atoms with E-state index in [1.54, 1.807) is 0 Å². The maximum atomic E-state index is 5.56. The zero-order valence-electron chi connectivity index (χ0n) is 8.69. The molecule has 2 N–H and O–H groups in total. The highest BCUT2D eigenvalue weighted by Gasteiger charge is 1.99. The van der Waals surface area contributed by atoms with Crippen LogP contribution in [0, 0.1) is 0 Å². The molecule has 0 aromatic heterocycles. The molecule has 0 saturated heterocycles. The smallest absolute Gasteiger partial charge is 0.119 e. The van der Waals surface area contributed by atoms with Crippen LogP contribution in [-0.2, 0) is 11.3 Å². The molecule has 1 rings (SSSR count). The molecule has 0 aliphatic heterocycles. The summed E-state index contributed by atoms with van der Waals surface area (Å²) in [4.78, 5) is 4.53. The lowest BCUT2D eigenvalue weighted by Gasteiger charge is -2.10. The Hall–Kier alpha value is -1.06. The van der Waals surface area contributed by atoms with Crippen molar-refractivity contribution in [2.24, 2.45) is 5.90 Å². The van der Waals surface area contributed by atoms with Crippen LogP contribution in [0.2, 0.25) is 0 Å². The number of ether oxygens (including phenoxy) is 1. The molecular weight excluding hydrogens is 178 g/mol. The SMILES string of the molecule is CC(C)Oc1cccc(CCON)c1. The quantitative estimate of drug-likeness (QED) is 0.730. The third kappa shape index (κ3) is 3.77. The van der Waals surface area contributed by atoms with Gasteiger partial charge in [-0.05, 0) is 38.0 Å². The van der Waals surface area contributed by atoms with Crippen molar-refractivity contribution in [1.29, 1.82) is 0 Å². The van der Waals surface area contributed by atoms with Crippen LogP contribution in [0.4, 0.5) is 0 Å². The van der Waals surface area contributed by atoms with E-state index in [0.717, 1.165) is 12.2 Å². The zero-order chi connectivity index (χ0) is 10.4. The van der Waals surface area contributed by atoms with Crippen molar-refractivity contribution >= 4 is 0 Å². The van der Waals surface area contributed by atoms with E-state index in [9.17, 15) is 0 Å². The Balaban J connectivity index is 2.59. The highest BCUT2D eigenvalue weighted by molar-refractivity contribution is 5.28. The highest BCUT2D eigenvalue weighted by Crippen LogP contribution is 2.15. The summed E-state index contributed by atoms with van der Waals surface area (Å²) in [6.45, 7) is 4.55. The molecule has 0 unspecified atom stereocenters. The Morgan fingerprint density at radius 3 is 2.79 bits per heavy atom. The molecule has 0 fully saturated rings. The molecule has 0 spiro atoms. The van der Waals surface area contributed by atoms with Crippen LogP contribution in [0.1, 0.15) is 19.4 Å². The monoisotopic (exact) mass is 195 g/mol. The van der Waals surface area contributed by atoms with Crippen LogP contribution in [0.3, 0.4) is 0 Å². The molecule has 0 radical (unpaired) electrons. The van der Waals surface area contributed by atoms with Crippen LogP contribution in [0.5, 0.6) is 5.75 Å². The van der Waals surface area contributed by atoms with Gasteiger partial charge >= 0.3 is 0 Å². The first kappa shape index (κ1) is 11.0. The Labute approximate surface area is 84.8 Å². The minimum absolute atomic E-state index is 0.205. The summed E-state index contributed by atoms with van der Waals surface area (Å²) < 4.78 is 5.56. The maximum Gasteiger partial charge on any atom is 0.119 e. The summed E-state index contributed by atoms with van der Waals surface area (Å²) >= 11 is 0. The number of hydrogen-bond acceptors (Lipinski definition) is 3. The summed E-state index contributed by atoms with van der Waals surface area (Å²) in [6.07, 6.45) is 1.02. The van der Waals surface area contributed by atoms with E-state index < -0.39 is 0 Å². The van der Waals surface area contributed by atoms with Crippen molar-refractivity contribution in [3.05, 3.63) is 29.8 Å². The number of rotatable bonds is 5. The minimum atomic E-state index is 0.205. The lowest BCUT2D eigenvalue weighted by Crippen LogP contribution is -2.06. The standard InChI is InChI=1S/C11H17NO2/c1-9(2)14-11-5-3-4-10(8-11)6-7-13-12/h3-5,8-9H,6-7,12H2,1-2H3. The summed E-state index contributed by atoms with van der Waals surface area (Å²) in [7, 11) is 0. The fourth-order valence-corrected chi connectivity index (χ4v) is 1.22. The second-order valence-corrected chi connectivity index (χ2v) is 3.43. The van der Waals surface area contributed by atoms with Crippen LogP contribution in [0.15, 0.2) is 24.3 Å². The predicted octanol–water partition coefficient (Wildman–Crippen LogP) is 1.91. The van der Waals surface area contributed by atoms with Crippen LogP contribution in [0.25, 0.3) is 0 Å². The minimum Gasteiger partial charge on any atom is -0.491 e. The van der Waals surface area contributed by atoms with Gasteiger partial charge in [-0.2, -0.15) is 0 Å². The Morgan fingerprint density at radius 2 is 2.14 bits per heavy atom. The van der Waals surface area contributed by atoms with E-state index in [1.807, 2.05) is 38.1 Å². The first-order valence-electron chi connectivity index (χ1n) is 4.79. The predicted molar refractivity (Wildman–Crippen MR) is 56.0 cm³/mol. The van der Waals surface area contributed by atoms with E-state index in [4.69, 9.17) is 10.6 Å². The molecule has 3 heteroatoms. The number of nitrogens with two attached hydrogens (primary N) is 1. The van der Waals surface area contributed by atoms with E-state index >= 15 is 0 Å². The molecule has 1 aromatic carbocycles. The van der Waals surface area contributed by atoms with E-state index in [-0.39, 0.29) is 6.10 Å². The van der Waals surface area contributed by atoms with Crippen molar-refractivity contribution in [3.8, 4) is 5.75 Å². The van der Waals surface area contributed by atoms with Gasteiger partial charge in [0.05, 0.1) is 12.7 Å². The molecular formula is C11H17NO2. The molecule has 14 heavy (non-hydrogen) atoms. The van der Waals surface area contributed by atoms with Gasteiger partial charge in [0.2, 0.25) is 0 Å². The Morgan fingerprint density at radius 1 is 1.36 bits per heavy atom. The third-order valence-electron chi connectivity index (χ3n) is 1.78. The second kappa shape index (κ2) is 5.62. The van der Waals surface area contributed by atoms with E-state index in [0.29, 0.717) is 6.61 Å². The van der Waals surface area contributed by atoms with Gasteiger partial charge in [0.1, 0.15) is 5.75 Å². The number of hydrogen-bond donors (Lipinski definition) is 1. The van der Waals surface area contributed by atoms with Crippen LogP contribution in [-0.4, -0.2) is 12.7 Å². The van der Waals surface area contributed by atoms with Crippen molar-refractivity contribution in [2.75, 3.05) is 6.61 Å². The molecule has 1 aromatic rings. The van der Waals surface area contributed by atoms with E-state index in [2.05, 4.69) is 4.84 Å². The van der Waals surface area contributed by atoms with Gasteiger partial charge in [-0.1, -0.05) is 12.1 Å². The molecule has 0 aliphatic carbocycles. The molecule has 0 heterocycles. The average Bonchev–Trinajstić information content (AvgIpc) is 2.14. The molecule has 0 amide bonds. The largest absolute Gasteiger partial charge is 0.491 e. The van der Waals surface area contributed by atoms with Gasteiger partial charge in [0.25, 0.3) is 0 Å². The van der Waals surface area contributed by atoms with Crippen LogP contribution < -0.4 is 10.6 Å². The lowest BCUT2D eigenvalue weighted by atomic mass is 10.1. The van der Waals surface area contributed by atoms with Crippen molar-refractivity contribution in [2.45, 2.75) is 26.4 Å². The molecule has 0 aliphatic rings. The van der Waals surface area contributed by atoms with Gasteiger partial charge in [0, 0.05) is 0 Å². The van der Waals surface area contributed by atoms with Gasteiger partial charge < -0.3 is 9.57 Å². The molecule has 78 valence electrons. The van der Waals surface area contributed by atoms with E-state index in [1.165, 1.54) is 5.56 Å². The lowest BCUT2D eigenvalue weighted by molar-refractivity contribution is 0.141. The first-order chi connectivity index (χ1) is 6.72. The summed E-state index contributed by atoms with van der Waals surface area (Å²) in [6, 6.07) is 7.97. The topological polar surface area (TPSA) is 44.5 Å². The van der Waals surface area contributed by atoms with Crippen molar-refractivity contribution < 1.29 is 9.57 Å². The Bertz CT molecular complexity index is 274. The van der Waals surface area contributed by atoms with Gasteiger partial charge in [-0.3, -0.25) is 0 Å². The van der Waals surface area contributed by atoms with Crippen molar-refractivity contribution in [3.63, 3.8) is 0 Å². The van der Waals surface area contributed by atoms with Gasteiger partial charge in [-0.25, -0.2) is 5.90 Å².